The van der Waals surface area contributed by atoms with E-state index in [1.54, 1.807) is 12.1 Å². The molecule has 1 amide bonds. The van der Waals surface area contributed by atoms with Crippen LogP contribution in [0, 0.1) is 5.92 Å². The molecule has 3 nitrogen and oxygen atoms in total. The number of carbonyl (C=O) groups is 1. The smallest absolute Gasteiger partial charge is 0.229 e. The predicted octanol–water partition coefficient (Wildman–Crippen LogP) is 3.17. The van der Waals surface area contributed by atoms with Gasteiger partial charge in [-0.25, -0.2) is 0 Å². The number of hydrogen-bond acceptors (Lipinski definition) is 2. The van der Waals surface area contributed by atoms with Crippen LogP contribution in [0.15, 0.2) is 22.7 Å². The van der Waals surface area contributed by atoms with Crippen molar-refractivity contribution in [1.29, 1.82) is 0 Å². The molecule has 92 valence electrons. The number of hydrogen-bond donors (Lipinski definition) is 2. The number of nitrogens with two attached hydrogens (primary N) is 1. The number of halogens is 2. The fourth-order valence-corrected chi connectivity index (χ4v) is 2.68. The van der Waals surface area contributed by atoms with Crippen molar-refractivity contribution >= 4 is 39.1 Å². The molecule has 2 unspecified atom stereocenters. The number of anilines is 1. The van der Waals surface area contributed by atoms with Crippen molar-refractivity contribution in [1.82, 2.24) is 0 Å². The first-order chi connectivity index (χ1) is 8.09. The highest BCUT2D eigenvalue weighted by Crippen LogP contribution is 2.31. The van der Waals surface area contributed by atoms with Crippen LogP contribution in [-0.2, 0) is 4.79 Å². The number of amides is 1. The molecular weight excluding hydrogens is 304 g/mol. The van der Waals surface area contributed by atoms with E-state index in [0.717, 1.165) is 19.3 Å². The third-order valence-electron chi connectivity index (χ3n) is 3.12. The zero-order valence-corrected chi connectivity index (χ0v) is 11.6. The largest absolute Gasteiger partial charge is 0.327 e. The van der Waals surface area contributed by atoms with E-state index < -0.39 is 0 Å². The summed E-state index contributed by atoms with van der Waals surface area (Å²) in [5, 5.41) is 3.46. The highest BCUT2D eigenvalue weighted by atomic mass is 79.9. The van der Waals surface area contributed by atoms with Gasteiger partial charge in [0.2, 0.25) is 5.91 Å². The van der Waals surface area contributed by atoms with Crippen LogP contribution in [0.25, 0.3) is 0 Å². The van der Waals surface area contributed by atoms with Gasteiger partial charge in [0.25, 0.3) is 0 Å². The lowest BCUT2D eigenvalue weighted by atomic mass is 10.0. The number of rotatable bonds is 2. The van der Waals surface area contributed by atoms with Crippen molar-refractivity contribution in [2.45, 2.75) is 25.3 Å². The van der Waals surface area contributed by atoms with Gasteiger partial charge in [0.05, 0.1) is 21.1 Å². The monoisotopic (exact) mass is 316 g/mol. The van der Waals surface area contributed by atoms with Crippen LogP contribution in [0.1, 0.15) is 19.3 Å². The Morgan fingerprint density at radius 3 is 2.88 bits per heavy atom. The highest BCUT2D eigenvalue weighted by molar-refractivity contribution is 9.10. The average Bonchev–Trinajstić information content (AvgIpc) is 2.71. The molecule has 0 aliphatic heterocycles. The van der Waals surface area contributed by atoms with Crippen LogP contribution in [0.3, 0.4) is 0 Å². The summed E-state index contributed by atoms with van der Waals surface area (Å²) >= 11 is 9.32. The molecule has 0 bridgehead atoms. The van der Waals surface area contributed by atoms with E-state index in [1.807, 2.05) is 6.07 Å². The van der Waals surface area contributed by atoms with E-state index >= 15 is 0 Å². The first kappa shape index (κ1) is 12.9. The van der Waals surface area contributed by atoms with E-state index in [9.17, 15) is 4.79 Å². The summed E-state index contributed by atoms with van der Waals surface area (Å²) in [5.41, 5.74) is 6.60. The SMILES string of the molecule is NC1CCCC1C(=O)Nc1cccc(Cl)c1Br. The first-order valence-electron chi connectivity index (χ1n) is 5.60. The Morgan fingerprint density at radius 2 is 2.24 bits per heavy atom. The molecule has 0 radical (unpaired) electrons. The molecule has 2 atom stereocenters. The van der Waals surface area contributed by atoms with Gasteiger partial charge in [-0.2, -0.15) is 0 Å². The molecule has 0 saturated heterocycles. The normalized spacial score (nSPS) is 23.7. The number of carbonyl (C=O) groups excluding carboxylic acids is 1. The van der Waals surface area contributed by atoms with Crippen molar-refractivity contribution in [3.8, 4) is 0 Å². The topological polar surface area (TPSA) is 55.1 Å². The van der Waals surface area contributed by atoms with E-state index in [0.29, 0.717) is 15.2 Å². The van der Waals surface area contributed by atoms with Gasteiger partial charge in [0.15, 0.2) is 0 Å². The third kappa shape index (κ3) is 2.81. The fourth-order valence-electron chi connectivity index (χ4n) is 2.14. The third-order valence-corrected chi connectivity index (χ3v) is 4.51. The zero-order chi connectivity index (χ0) is 12.4. The van der Waals surface area contributed by atoms with Gasteiger partial charge in [0.1, 0.15) is 0 Å². The van der Waals surface area contributed by atoms with Gasteiger partial charge in [-0.15, -0.1) is 0 Å². The van der Waals surface area contributed by atoms with Crippen LogP contribution in [0.4, 0.5) is 5.69 Å². The molecule has 3 N–H and O–H groups in total. The molecule has 0 spiro atoms. The number of nitrogens with one attached hydrogen (secondary N) is 1. The minimum absolute atomic E-state index is 0.0158. The minimum atomic E-state index is -0.0825. The van der Waals surface area contributed by atoms with E-state index in [1.165, 1.54) is 0 Å². The second-order valence-electron chi connectivity index (χ2n) is 4.29. The van der Waals surface area contributed by atoms with Crippen molar-refractivity contribution in [3.05, 3.63) is 27.7 Å². The lowest BCUT2D eigenvalue weighted by Gasteiger charge is -2.16. The van der Waals surface area contributed by atoms with Crippen LogP contribution in [0.5, 0.6) is 0 Å². The highest BCUT2D eigenvalue weighted by Gasteiger charge is 2.30. The Bertz CT molecular complexity index is 439. The summed E-state index contributed by atoms with van der Waals surface area (Å²) in [6, 6.07) is 5.36. The van der Waals surface area contributed by atoms with Gasteiger partial charge in [0, 0.05) is 6.04 Å². The van der Waals surface area contributed by atoms with Crippen molar-refractivity contribution in [2.24, 2.45) is 11.7 Å². The van der Waals surface area contributed by atoms with Gasteiger partial charge in [-0.3, -0.25) is 4.79 Å². The maximum Gasteiger partial charge on any atom is 0.229 e. The number of benzene rings is 1. The Hall–Kier alpha value is -0.580. The molecule has 0 heterocycles. The lowest BCUT2D eigenvalue weighted by Crippen LogP contribution is -2.34. The molecule has 1 fully saturated rings. The molecule has 0 aromatic heterocycles. The second-order valence-corrected chi connectivity index (χ2v) is 5.49. The van der Waals surface area contributed by atoms with Crippen LogP contribution in [0.2, 0.25) is 5.02 Å². The Morgan fingerprint density at radius 1 is 1.47 bits per heavy atom. The summed E-state index contributed by atoms with van der Waals surface area (Å²) < 4.78 is 0.710. The van der Waals surface area contributed by atoms with Crippen molar-refractivity contribution < 1.29 is 4.79 Å². The van der Waals surface area contributed by atoms with Gasteiger partial charge in [-0.1, -0.05) is 24.1 Å². The summed E-state index contributed by atoms with van der Waals surface area (Å²) in [6.07, 6.45) is 2.82. The van der Waals surface area contributed by atoms with Crippen LogP contribution >= 0.6 is 27.5 Å². The zero-order valence-electron chi connectivity index (χ0n) is 9.25. The minimum Gasteiger partial charge on any atom is -0.327 e. The summed E-state index contributed by atoms with van der Waals surface area (Å²) in [5.74, 6) is -0.0983. The summed E-state index contributed by atoms with van der Waals surface area (Å²) in [4.78, 5) is 12.0. The lowest BCUT2D eigenvalue weighted by molar-refractivity contribution is -0.120. The Kier molecular flexibility index (Phi) is 4.07. The van der Waals surface area contributed by atoms with Gasteiger partial charge >= 0.3 is 0 Å². The Labute approximate surface area is 114 Å². The second kappa shape index (κ2) is 5.38. The predicted molar refractivity (Wildman–Crippen MR) is 73.1 cm³/mol. The van der Waals surface area contributed by atoms with Crippen molar-refractivity contribution in [2.75, 3.05) is 5.32 Å². The maximum atomic E-state index is 12.0. The van der Waals surface area contributed by atoms with Crippen LogP contribution in [-0.4, -0.2) is 11.9 Å². The molecule has 1 aliphatic rings. The first-order valence-corrected chi connectivity index (χ1v) is 6.77. The molecular formula is C12H14BrClN2O. The van der Waals surface area contributed by atoms with E-state index in [4.69, 9.17) is 17.3 Å². The average molecular weight is 318 g/mol. The Balaban J connectivity index is 2.10. The summed E-state index contributed by atoms with van der Waals surface area (Å²) in [7, 11) is 0. The molecule has 2 rings (SSSR count). The molecule has 17 heavy (non-hydrogen) atoms. The van der Waals surface area contributed by atoms with Crippen LogP contribution < -0.4 is 11.1 Å². The van der Waals surface area contributed by atoms with Gasteiger partial charge < -0.3 is 11.1 Å². The molecule has 1 aliphatic carbocycles. The molecule has 1 aromatic rings. The van der Waals surface area contributed by atoms with Gasteiger partial charge in [-0.05, 0) is 40.9 Å². The standard InChI is InChI=1S/C12H14BrClN2O/c13-11-8(14)4-2-6-10(11)16-12(17)7-3-1-5-9(7)15/h2,4,6-7,9H,1,3,5,15H2,(H,16,17). The molecule has 5 heteroatoms. The summed E-state index contributed by atoms with van der Waals surface area (Å²) in [6.45, 7) is 0. The maximum absolute atomic E-state index is 12.0. The van der Waals surface area contributed by atoms with Crippen molar-refractivity contribution in [3.63, 3.8) is 0 Å². The van der Waals surface area contributed by atoms with E-state index in [2.05, 4.69) is 21.2 Å². The molecule has 1 saturated carbocycles. The quantitative estimate of drug-likeness (QED) is 0.880. The molecule has 1 aromatic carbocycles. The van der Waals surface area contributed by atoms with E-state index in [-0.39, 0.29) is 17.9 Å². The fraction of sp³-hybridized carbons (Fsp3) is 0.417.